The first-order valence-electron chi connectivity index (χ1n) is 19.5. The van der Waals surface area contributed by atoms with Gasteiger partial charge >= 0.3 is 6.09 Å². The number of carboxylic acid groups (broad SMARTS) is 1. The van der Waals surface area contributed by atoms with E-state index in [1.165, 1.54) is 18.2 Å². The number of rotatable bonds is 10. The second-order valence-corrected chi connectivity index (χ2v) is 19.1. The summed E-state index contributed by atoms with van der Waals surface area (Å²) in [5, 5.41) is 14.7. The number of hydrogen-bond donors (Lipinski definition) is 3. The van der Waals surface area contributed by atoms with Crippen molar-refractivity contribution in [1.29, 1.82) is 0 Å². The molecule has 2 saturated carbocycles. The maximum atomic E-state index is 15.1. The number of nitrogens with zero attached hydrogens (tertiary/aromatic N) is 3. The number of aromatic nitrogens is 1. The Morgan fingerprint density at radius 3 is 2.47 bits per heavy atom. The monoisotopic (exact) mass is 817 g/mol. The van der Waals surface area contributed by atoms with Crippen molar-refractivity contribution in [3.8, 4) is 11.6 Å². The van der Waals surface area contributed by atoms with Crippen LogP contribution in [0, 0.1) is 17.8 Å². The standard InChI is InChI=1S/C40H53F2N5O9S/c1-7-24-18-23(2)12-8-9-13-25-20-40(25,36(50)45-57(53,54)39(5)16-17-39)44-32(48)29-19-26(56-33-28-15-11-10-14-27(28)30(55-6)21-43-33)22-46(29)34(49)31(24)47(37(51)52)38(3,4)35(41)42/h9-11,13-15,21,23-26,29,31,35H,7-8,12,16-20,22H2,1-6H3,(H,44,48)(H,45,50)(H,51,52)/t23-,24-,25-,26-,29+,31+,40-/m1/s1. The van der Waals surface area contributed by atoms with E-state index in [1.807, 2.05) is 25.1 Å². The van der Waals surface area contributed by atoms with Crippen LogP contribution >= 0.6 is 0 Å². The molecule has 7 atom stereocenters. The Bertz CT molecular complexity index is 2040. The molecule has 0 spiro atoms. The number of carbonyl (C=O) groups excluding carboxylic acids is 3. The second-order valence-electron chi connectivity index (χ2n) is 16.9. The maximum absolute atomic E-state index is 15.1. The van der Waals surface area contributed by atoms with Gasteiger partial charge in [-0.25, -0.2) is 27.0 Å². The van der Waals surface area contributed by atoms with Crippen molar-refractivity contribution >= 4 is 44.6 Å². The van der Waals surface area contributed by atoms with Crippen LogP contribution < -0.4 is 19.5 Å². The number of amides is 4. The van der Waals surface area contributed by atoms with E-state index in [2.05, 4.69) is 15.0 Å². The number of sulfonamides is 1. The van der Waals surface area contributed by atoms with Gasteiger partial charge in [-0.05, 0) is 77.2 Å². The van der Waals surface area contributed by atoms with Gasteiger partial charge in [0.2, 0.25) is 27.7 Å². The van der Waals surface area contributed by atoms with Crippen molar-refractivity contribution in [2.24, 2.45) is 17.8 Å². The van der Waals surface area contributed by atoms with Gasteiger partial charge < -0.3 is 24.8 Å². The van der Waals surface area contributed by atoms with Crippen LogP contribution in [-0.2, 0) is 24.4 Å². The molecule has 4 amide bonds. The van der Waals surface area contributed by atoms with Crippen molar-refractivity contribution in [2.75, 3.05) is 13.7 Å². The van der Waals surface area contributed by atoms with E-state index in [-0.39, 0.29) is 37.6 Å². The third-order valence-corrected chi connectivity index (χ3v) is 14.6. The van der Waals surface area contributed by atoms with E-state index < -0.39 is 86.1 Å². The number of ether oxygens (including phenoxy) is 2. The number of allylic oxidation sites excluding steroid dienone is 1. The quantitative estimate of drug-likeness (QED) is 0.268. The van der Waals surface area contributed by atoms with Gasteiger partial charge in [-0.1, -0.05) is 50.6 Å². The summed E-state index contributed by atoms with van der Waals surface area (Å²) in [6, 6.07) is 4.19. The summed E-state index contributed by atoms with van der Waals surface area (Å²) in [6.45, 7) is 7.15. The zero-order chi connectivity index (χ0) is 41.7. The number of nitrogens with one attached hydrogen (secondary N) is 2. The largest absolute Gasteiger partial charge is 0.494 e. The minimum absolute atomic E-state index is 0.0818. The molecule has 2 aromatic rings. The van der Waals surface area contributed by atoms with Crippen molar-refractivity contribution in [3.05, 3.63) is 42.6 Å². The molecule has 4 aliphatic rings. The van der Waals surface area contributed by atoms with Crippen molar-refractivity contribution < 1.29 is 51.0 Å². The summed E-state index contributed by atoms with van der Waals surface area (Å²) < 4.78 is 68.9. The smallest absolute Gasteiger partial charge is 0.408 e. The molecule has 2 aliphatic carbocycles. The van der Waals surface area contributed by atoms with E-state index in [0.717, 1.165) is 13.8 Å². The first-order chi connectivity index (χ1) is 26.8. The number of halogens is 2. The fourth-order valence-corrected chi connectivity index (χ4v) is 9.62. The third-order valence-electron chi connectivity index (χ3n) is 12.4. The third kappa shape index (κ3) is 8.00. The highest BCUT2D eigenvalue weighted by Gasteiger charge is 2.63. The van der Waals surface area contributed by atoms with Gasteiger partial charge in [0.1, 0.15) is 35.0 Å². The Hall–Kier alpha value is -4.54. The Balaban J connectivity index is 1.43. The van der Waals surface area contributed by atoms with Gasteiger partial charge in [-0.15, -0.1) is 0 Å². The molecule has 2 aliphatic heterocycles. The van der Waals surface area contributed by atoms with E-state index in [0.29, 0.717) is 53.5 Å². The van der Waals surface area contributed by atoms with Crippen LogP contribution in [0.3, 0.4) is 0 Å². The van der Waals surface area contributed by atoms with Gasteiger partial charge in [-0.2, -0.15) is 0 Å². The van der Waals surface area contributed by atoms with Gasteiger partial charge in [0.05, 0.1) is 24.6 Å². The summed E-state index contributed by atoms with van der Waals surface area (Å²) in [4.78, 5) is 62.9. The molecule has 0 unspecified atom stereocenters. The lowest BCUT2D eigenvalue weighted by Crippen LogP contribution is -2.65. The molecule has 1 aromatic carbocycles. The molecular weight excluding hydrogens is 765 g/mol. The van der Waals surface area contributed by atoms with E-state index in [9.17, 15) is 36.7 Å². The average Bonchev–Trinajstić information content (AvgIpc) is 4.04. The summed E-state index contributed by atoms with van der Waals surface area (Å²) in [7, 11) is -2.58. The summed E-state index contributed by atoms with van der Waals surface area (Å²) in [6.07, 6.45) is 1.78. The number of pyridine rings is 1. The number of benzene rings is 1. The Labute approximate surface area is 331 Å². The van der Waals surface area contributed by atoms with Crippen molar-refractivity contribution in [1.82, 2.24) is 24.8 Å². The molecule has 6 rings (SSSR count). The summed E-state index contributed by atoms with van der Waals surface area (Å²) in [5.74, 6) is -3.24. The first-order valence-corrected chi connectivity index (χ1v) is 21.0. The zero-order valence-corrected chi connectivity index (χ0v) is 34.0. The topological polar surface area (TPSA) is 185 Å². The molecule has 1 saturated heterocycles. The molecule has 17 heteroatoms. The predicted molar refractivity (Wildman–Crippen MR) is 206 cm³/mol. The van der Waals surface area contributed by atoms with Gasteiger partial charge in [0, 0.05) is 23.1 Å². The van der Waals surface area contributed by atoms with Gasteiger partial charge in [0.25, 0.3) is 12.3 Å². The normalized spacial score (nSPS) is 29.0. The van der Waals surface area contributed by atoms with Crippen LogP contribution in [0.1, 0.15) is 86.0 Å². The van der Waals surface area contributed by atoms with Crippen LogP contribution in [0.5, 0.6) is 11.6 Å². The lowest BCUT2D eigenvalue weighted by molar-refractivity contribution is -0.149. The molecule has 0 radical (unpaired) electrons. The fourth-order valence-electron chi connectivity index (χ4n) is 8.31. The molecule has 0 bridgehead atoms. The molecule has 14 nitrogen and oxygen atoms in total. The van der Waals surface area contributed by atoms with Crippen LogP contribution in [0.15, 0.2) is 42.6 Å². The van der Waals surface area contributed by atoms with Gasteiger partial charge in [-0.3, -0.25) is 24.0 Å². The molecule has 3 heterocycles. The summed E-state index contributed by atoms with van der Waals surface area (Å²) in [5.41, 5.74) is -3.96. The SMILES string of the molecule is CC[C@@H]1C[C@H](C)CCC=C[C@@H]2C[C@@]2(C(=O)NS(=O)(=O)C2(C)CC2)NC(=O)[C@@H]2C[C@@H](Oc3ncc(OC)c4ccccc34)CN2C(=O)[C@H]1N(C(=O)O)C(C)(C)C(F)F. The number of fused-ring (bicyclic) bond motifs is 3. The van der Waals surface area contributed by atoms with Crippen molar-refractivity contribution in [3.63, 3.8) is 0 Å². The zero-order valence-electron chi connectivity index (χ0n) is 33.2. The number of hydrogen-bond acceptors (Lipinski definition) is 9. The van der Waals surface area contributed by atoms with Crippen LogP contribution in [0.2, 0.25) is 0 Å². The van der Waals surface area contributed by atoms with Crippen LogP contribution in [0.25, 0.3) is 10.8 Å². The Kier molecular flexibility index (Phi) is 11.6. The molecular formula is C40H53F2N5O9S. The predicted octanol–water partition coefficient (Wildman–Crippen LogP) is 5.26. The number of methoxy groups -OCH3 is 1. The maximum Gasteiger partial charge on any atom is 0.408 e. The van der Waals surface area contributed by atoms with E-state index in [4.69, 9.17) is 9.47 Å². The highest BCUT2D eigenvalue weighted by Crippen LogP contribution is 2.48. The Morgan fingerprint density at radius 1 is 1.18 bits per heavy atom. The lowest BCUT2D eigenvalue weighted by atomic mass is 9.82. The van der Waals surface area contributed by atoms with Gasteiger partial charge in [0.15, 0.2) is 0 Å². The molecule has 57 heavy (non-hydrogen) atoms. The molecule has 1 aromatic heterocycles. The van der Waals surface area contributed by atoms with Crippen LogP contribution in [-0.4, -0.2) is 106 Å². The van der Waals surface area contributed by atoms with Crippen LogP contribution in [0.4, 0.5) is 13.6 Å². The summed E-state index contributed by atoms with van der Waals surface area (Å²) >= 11 is 0. The average molecular weight is 818 g/mol. The number of carbonyl (C=O) groups is 4. The first kappa shape index (κ1) is 42.1. The highest BCUT2D eigenvalue weighted by molar-refractivity contribution is 7.91. The fraction of sp³-hybridized carbons (Fsp3) is 0.625. The van der Waals surface area contributed by atoms with E-state index >= 15 is 4.79 Å². The lowest BCUT2D eigenvalue weighted by Gasteiger charge is -2.45. The molecule has 3 fully saturated rings. The minimum Gasteiger partial charge on any atom is -0.494 e. The minimum atomic E-state index is -4.08. The van der Waals surface area contributed by atoms with E-state index in [1.54, 1.807) is 32.1 Å². The highest BCUT2D eigenvalue weighted by atomic mass is 32.2. The molecule has 312 valence electrons. The molecule has 3 N–H and O–H groups in total. The van der Waals surface area contributed by atoms with Crippen molar-refractivity contribution in [2.45, 2.75) is 126 Å². The Morgan fingerprint density at radius 2 is 1.86 bits per heavy atom. The second kappa shape index (κ2) is 15.7. The number of alkyl halides is 2.